The number of carbonyl (C=O) groups is 1. The molecule has 0 radical (unpaired) electrons. The van der Waals surface area contributed by atoms with E-state index in [-0.39, 0.29) is 24.4 Å². The van der Waals surface area contributed by atoms with Crippen molar-refractivity contribution in [3.05, 3.63) is 36.4 Å². The van der Waals surface area contributed by atoms with Crippen LogP contribution in [-0.2, 0) is 4.79 Å². The molecule has 0 unspecified atom stereocenters. The van der Waals surface area contributed by atoms with E-state index >= 15 is 0 Å². The normalized spacial score (nSPS) is 11.1. The van der Waals surface area contributed by atoms with Gasteiger partial charge in [0.25, 0.3) is 0 Å². The molecule has 0 aromatic heterocycles. The summed E-state index contributed by atoms with van der Waals surface area (Å²) < 4.78 is 10.2. The highest BCUT2D eigenvalue weighted by Gasteiger charge is 2.11. The van der Waals surface area contributed by atoms with Crippen LogP contribution in [0.3, 0.4) is 0 Å². The number of allylic oxidation sites excluding steroid dienone is 1. The van der Waals surface area contributed by atoms with Crippen molar-refractivity contribution in [2.24, 2.45) is 5.73 Å². The van der Waals surface area contributed by atoms with Gasteiger partial charge in [-0.2, -0.15) is 0 Å². The summed E-state index contributed by atoms with van der Waals surface area (Å²) >= 11 is 0. The number of carbonyl (C=O) groups excluding carboxylic acids is 1. The Bertz CT molecular complexity index is 435. The van der Waals surface area contributed by atoms with E-state index in [1.165, 1.54) is 14.0 Å². The van der Waals surface area contributed by atoms with Crippen molar-refractivity contribution in [3.8, 4) is 11.5 Å². The molecule has 0 aliphatic heterocycles. The number of hydrogen-bond acceptors (Lipinski definition) is 4. The molecule has 1 atom stereocenters. The summed E-state index contributed by atoms with van der Waals surface area (Å²) in [6, 6.07) is 5.26. The fourth-order valence-corrected chi connectivity index (χ4v) is 1.62. The van der Waals surface area contributed by atoms with Gasteiger partial charge in [-0.1, -0.05) is 12.1 Å². The zero-order valence-electron chi connectivity index (χ0n) is 11.2. The van der Waals surface area contributed by atoms with Gasteiger partial charge in [-0.15, -0.1) is 19.0 Å². The van der Waals surface area contributed by atoms with Gasteiger partial charge in [0.15, 0.2) is 11.5 Å². The molecule has 0 heterocycles. The lowest BCUT2D eigenvalue weighted by Crippen LogP contribution is -2.10. The van der Waals surface area contributed by atoms with Crippen LogP contribution in [0.4, 0.5) is 0 Å². The third-order valence-corrected chi connectivity index (χ3v) is 2.55. The van der Waals surface area contributed by atoms with E-state index in [1.54, 1.807) is 12.1 Å². The van der Waals surface area contributed by atoms with Gasteiger partial charge in [-0.25, -0.2) is 0 Å². The third-order valence-electron chi connectivity index (χ3n) is 2.55. The third kappa shape index (κ3) is 5.32. The summed E-state index contributed by atoms with van der Waals surface area (Å²) in [4.78, 5) is 10.9. The Kier molecular flexibility index (Phi) is 7.87. The predicted molar refractivity (Wildman–Crippen MR) is 77.9 cm³/mol. The Labute approximate surface area is 120 Å². The average molecular weight is 286 g/mol. The summed E-state index contributed by atoms with van der Waals surface area (Å²) in [6.07, 6.45) is 3.51. The van der Waals surface area contributed by atoms with Crippen LogP contribution in [-0.4, -0.2) is 13.1 Å². The van der Waals surface area contributed by atoms with Crippen LogP contribution in [0, 0.1) is 0 Å². The molecule has 1 rings (SSSR count). The van der Waals surface area contributed by atoms with Crippen molar-refractivity contribution in [3.63, 3.8) is 0 Å². The minimum Gasteiger partial charge on any atom is -0.493 e. The minimum absolute atomic E-state index is 0. The molecule has 1 aromatic rings. The minimum atomic E-state index is -0.378. The summed E-state index contributed by atoms with van der Waals surface area (Å²) in [5, 5.41) is 0. The lowest BCUT2D eigenvalue weighted by Gasteiger charge is -2.14. The number of nitrogens with two attached hydrogens (primary N) is 1. The van der Waals surface area contributed by atoms with Gasteiger partial charge in [0.1, 0.15) is 0 Å². The first kappa shape index (κ1) is 17.5. The molecule has 0 aliphatic rings. The molecule has 0 spiro atoms. The quantitative estimate of drug-likeness (QED) is 0.496. The maximum Gasteiger partial charge on any atom is 0.308 e. The van der Waals surface area contributed by atoms with E-state index in [0.29, 0.717) is 11.5 Å². The van der Waals surface area contributed by atoms with Crippen LogP contribution >= 0.6 is 12.4 Å². The molecule has 0 saturated carbocycles. The Hall–Kier alpha value is -1.52. The second-order valence-corrected chi connectivity index (χ2v) is 3.98. The van der Waals surface area contributed by atoms with Gasteiger partial charge in [-0.05, 0) is 30.5 Å². The van der Waals surface area contributed by atoms with Gasteiger partial charge in [0.2, 0.25) is 0 Å². The molecule has 5 heteroatoms. The van der Waals surface area contributed by atoms with Crippen LogP contribution in [0.15, 0.2) is 30.9 Å². The Morgan fingerprint density at radius 2 is 2.16 bits per heavy atom. The molecule has 1 aromatic carbocycles. The van der Waals surface area contributed by atoms with Crippen molar-refractivity contribution >= 4 is 18.4 Å². The highest BCUT2D eigenvalue weighted by Crippen LogP contribution is 2.30. The number of benzene rings is 1. The zero-order chi connectivity index (χ0) is 13.5. The molecule has 2 N–H and O–H groups in total. The molecule has 106 valence electrons. The number of rotatable bonds is 6. The first-order chi connectivity index (χ1) is 8.58. The molecule has 0 saturated heterocycles. The van der Waals surface area contributed by atoms with Gasteiger partial charge < -0.3 is 15.2 Å². The SMILES string of the molecule is C=CCC[C@@H](N)c1ccc(OC(C)=O)c(OC)c1.Cl. The summed E-state index contributed by atoms with van der Waals surface area (Å²) in [5.41, 5.74) is 6.99. The van der Waals surface area contributed by atoms with Gasteiger partial charge >= 0.3 is 5.97 Å². The maximum absolute atomic E-state index is 10.9. The van der Waals surface area contributed by atoms with Crippen LogP contribution in [0.25, 0.3) is 0 Å². The first-order valence-electron chi connectivity index (χ1n) is 5.81. The average Bonchev–Trinajstić information content (AvgIpc) is 2.35. The van der Waals surface area contributed by atoms with Gasteiger partial charge in [-0.3, -0.25) is 4.79 Å². The van der Waals surface area contributed by atoms with E-state index in [4.69, 9.17) is 15.2 Å². The first-order valence-corrected chi connectivity index (χ1v) is 5.81. The summed E-state index contributed by atoms with van der Waals surface area (Å²) in [6.45, 7) is 5.02. The number of methoxy groups -OCH3 is 1. The van der Waals surface area contributed by atoms with E-state index < -0.39 is 0 Å². The van der Waals surface area contributed by atoms with Crippen LogP contribution < -0.4 is 15.2 Å². The number of hydrogen-bond donors (Lipinski definition) is 1. The van der Waals surface area contributed by atoms with Gasteiger partial charge in [0.05, 0.1) is 7.11 Å². The predicted octanol–water partition coefficient (Wildman–Crippen LogP) is 3.01. The van der Waals surface area contributed by atoms with E-state index in [2.05, 4.69) is 6.58 Å². The summed E-state index contributed by atoms with van der Waals surface area (Å²) in [7, 11) is 1.53. The number of ether oxygens (including phenoxy) is 2. The van der Waals surface area contributed by atoms with Crippen molar-refractivity contribution in [2.75, 3.05) is 7.11 Å². The zero-order valence-corrected chi connectivity index (χ0v) is 12.0. The Morgan fingerprint density at radius 3 is 2.68 bits per heavy atom. The maximum atomic E-state index is 10.9. The lowest BCUT2D eigenvalue weighted by atomic mass is 10.0. The van der Waals surface area contributed by atoms with Crippen LogP contribution in [0.5, 0.6) is 11.5 Å². The van der Waals surface area contributed by atoms with Crippen LogP contribution in [0.1, 0.15) is 31.4 Å². The lowest BCUT2D eigenvalue weighted by molar-refractivity contribution is -0.132. The van der Waals surface area contributed by atoms with E-state index in [1.807, 2.05) is 12.1 Å². The van der Waals surface area contributed by atoms with Crippen LogP contribution in [0.2, 0.25) is 0 Å². The van der Waals surface area contributed by atoms with Crippen molar-refractivity contribution < 1.29 is 14.3 Å². The molecule has 0 fully saturated rings. The second kappa shape index (κ2) is 8.56. The monoisotopic (exact) mass is 285 g/mol. The van der Waals surface area contributed by atoms with E-state index in [0.717, 1.165) is 18.4 Å². The van der Waals surface area contributed by atoms with Crippen molar-refractivity contribution in [1.29, 1.82) is 0 Å². The smallest absolute Gasteiger partial charge is 0.308 e. The molecule has 19 heavy (non-hydrogen) atoms. The molecule has 0 bridgehead atoms. The number of halogens is 1. The van der Waals surface area contributed by atoms with Crippen molar-refractivity contribution in [1.82, 2.24) is 0 Å². The molecular weight excluding hydrogens is 266 g/mol. The highest BCUT2D eigenvalue weighted by molar-refractivity contribution is 5.85. The van der Waals surface area contributed by atoms with E-state index in [9.17, 15) is 4.79 Å². The largest absolute Gasteiger partial charge is 0.493 e. The Balaban J connectivity index is 0.00000324. The molecule has 0 aliphatic carbocycles. The summed E-state index contributed by atoms with van der Waals surface area (Å²) in [5.74, 6) is 0.540. The number of esters is 1. The van der Waals surface area contributed by atoms with Crippen molar-refractivity contribution in [2.45, 2.75) is 25.8 Å². The highest BCUT2D eigenvalue weighted by atomic mass is 35.5. The fraction of sp³-hybridized carbons (Fsp3) is 0.357. The standard InChI is InChI=1S/C14H19NO3.ClH/c1-4-5-6-12(15)11-7-8-13(18-10(2)16)14(9-11)17-3;/h4,7-9,12H,1,5-6,15H2,2-3H3;1H/t12-;/m1./s1. The molecular formula is C14H20ClNO3. The Morgan fingerprint density at radius 1 is 1.47 bits per heavy atom. The second-order valence-electron chi connectivity index (χ2n) is 3.98. The fourth-order valence-electron chi connectivity index (χ4n) is 1.62. The molecule has 0 amide bonds. The van der Waals surface area contributed by atoms with Gasteiger partial charge in [0, 0.05) is 13.0 Å². The topological polar surface area (TPSA) is 61.5 Å². The molecule has 4 nitrogen and oxygen atoms in total.